The topological polar surface area (TPSA) is 12.0 Å². The van der Waals surface area contributed by atoms with Gasteiger partial charge in [0.15, 0.2) is 0 Å². The van der Waals surface area contributed by atoms with Crippen molar-refractivity contribution in [3.8, 4) is 0 Å². The minimum absolute atomic E-state index is 0.831. The molecule has 1 nitrogen and oxygen atoms in total. The summed E-state index contributed by atoms with van der Waals surface area (Å²) in [6, 6.07) is 6.46. The van der Waals surface area contributed by atoms with Gasteiger partial charge in [-0.2, -0.15) is 0 Å². The third kappa shape index (κ3) is 3.38. The SMILES string of the molecule is Cc1cc(C)c(NCc2cc(Br)c(Br)s2)c(Br)c1. The normalized spacial score (nSPS) is 10.7. The Kier molecular flexibility index (Phi) is 4.92. The lowest BCUT2D eigenvalue weighted by Crippen LogP contribution is -2.00. The molecule has 0 saturated heterocycles. The smallest absolute Gasteiger partial charge is 0.0843 e. The first-order valence-corrected chi connectivity index (χ1v) is 8.61. The Morgan fingerprint density at radius 2 is 1.78 bits per heavy atom. The number of aryl methyl sites for hydroxylation is 2. The van der Waals surface area contributed by atoms with Crippen LogP contribution in [-0.2, 0) is 6.54 Å². The van der Waals surface area contributed by atoms with Crippen LogP contribution in [0.3, 0.4) is 0 Å². The Morgan fingerprint density at radius 1 is 1.06 bits per heavy atom. The van der Waals surface area contributed by atoms with Gasteiger partial charge in [-0.15, -0.1) is 11.3 Å². The summed E-state index contributed by atoms with van der Waals surface area (Å²) in [5.74, 6) is 0. The Bertz CT molecular complexity index is 535. The van der Waals surface area contributed by atoms with Crippen molar-refractivity contribution in [2.75, 3.05) is 5.32 Å². The Labute approximate surface area is 136 Å². The fourth-order valence-corrected chi connectivity index (χ4v) is 4.72. The summed E-state index contributed by atoms with van der Waals surface area (Å²) in [6.45, 7) is 5.06. The number of nitrogens with one attached hydrogen (secondary N) is 1. The van der Waals surface area contributed by atoms with Crippen molar-refractivity contribution in [3.63, 3.8) is 0 Å². The standard InChI is InChI=1S/C13H12Br3NS/c1-7-3-8(2)12(10(14)4-7)17-6-9-5-11(15)13(16)18-9/h3-5,17H,6H2,1-2H3. The van der Waals surface area contributed by atoms with E-state index in [-0.39, 0.29) is 0 Å². The summed E-state index contributed by atoms with van der Waals surface area (Å²) in [7, 11) is 0. The molecule has 18 heavy (non-hydrogen) atoms. The molecule has 2 rings (SSSR count). The van der Waals surface area contributed by atoms with Gasteiger partial charge in [0.05, 0.1) is 9.47 Å². The maximum absolute atomic E-state index is 3.61. The second-order valence-electron chi connectivity index (χ2n) is 4.13. The Morgan fingerprint density at radius 3 is 2.33 bits per heavy atom. The first-order valence-electron chi connectivity index (χ1n) is 5.41. The van der Waals surface area contributed by atoms with Gasteiger partial charge in [-0.3, -0.25) is 0 Å². The van der Waals surface area contributed by atoms with E-state index in [2.05, 4.69) is 85.2 Å². The molecular weight excluding hydrogens is 442 g/mol. The van der Waals surface area contributed by atoms with Crippen LogP contribution in [0.25, 0.3) is 0 Å². The third-order valence-corrected chi connectivity index (χ3v) is 6.45. The molecule has 1 N–H and O–H groups in total. The van der Waals surface area contributed by atoms with Gasteiger partial charge in [0, 0.05) is 20.4 Å². The largest absolute Gasteiger partial charge is 0.379 e. The third-order valence-electron chi connectivity index (χ3n) is 2.57. The van der Waals surface area contributed by atoms with Gasteiger partial charge in [-0.05, 0) is 84.9 Å². The number of anilines is 1. The van der Waals surface area contributed by atoms with E-state index in [0.717, 1.165) is 19.3 Å². The average molecular weight is 454 g/mol. The number of hydrogen-bond acceptors (Lipinski definition) is 2. The lowest BCUT2D eigenvalue weighted by Gasteiger charge is -2.12. The second kappa shape index (κ2) is 6.07. The predicted molar refractivity (Wildman–Crippen MR) is 90.7 cm³/mol. The van der Waals surface area contributed by atoms with Crippen molar-refractivity contribution in [1.29, 1.82) is 0 Å². The van der Waals surface area contributed by atoms with Crippen LogP contribution >= 0.6 is 59.1 Å². The van der Waals surface area contributed by atoms with E-state index in [1.807, 2.05) is 0 Å². The lowest BCUT2D eigenvalue weighted by atomic mass is 10.1. The zero-order valence-corrected chi connectivity index (χ0v) is 15.6. The second-order valence-corrected chi connectivity index (χ2v) is 8.29. The molecule has 0 amide bonds. The number of halogens is 3. The molecule has 2 aromatic rings. The highest BCUT2D eigenvalue weighted by Gasteiger charge is 2.07. The number of hydrogen-bond donors (Lipinski definition) is 1. The highest BCUT2D eigenvalue weighted by Crippen LogP contribution is 2.34. The van der Waals surface area contributed by atoms with Crippen molar-refractivity contribution < 1.29 is 0 Å². The molecule has 0 aliphatic heterocycles. The number of rotatable bonds is 3. The molecule has 96 valence electrons. The Balaban J connectivity index is 2.15. The first kappa shape index (κ1) is 14.6. The fraction of sp³-hybridized carbons (Fsp3) is 0.231. The van der Waals surface area contributed by atoms with E-state index in [1.54, 1.807) is 11.3 Å². The van der Waals surface area contributed by atoms with Gasteiger partial charge >= 0.3 is 0 Å². The highest BCUT2D eigenvalue weighted by molar-refractivity contribution is 9.13. The zero-order valence-electron chi connectivity index (χ0n) is 9.98. The average Bonchev–Trinajstić information content (AvgIpc) is 2.56. The van der Waals surface area contributed by atoms with Crippen LogP contribution in [0.4, 0.5) is 5.69 Å². The summed E-state index contributed by atoms with van der Waals surface area (Å²) in [6.07, 6.45) is 0. The summed E-state index contributed by atoms with van der Waals surface area (Å²) in [5.41, 5.74) is 3.70. The molecule has 0 atom stereocenters. The first-order chi connectivity index (χ1) is 8.47. The summed E-state index contributed by atoms with van der Waals surface area (Å²) >= 11 is 12.4. The zero-order chi connectivity index (χ0) is 13.3. The molecule has 0 fully saturated rings. The maximum atomic E-state index is 3.61. The molecule has 1 aromatic heterocycles. The van der Waals surface area contributed by atoms with E-state index < -0.39 is 0 Å². The molecule has 0 unspecified atom stereocenters. The molecule has 5 heteroatoms. The quantitative estimate of drug-likeness (QED) is 0.578. The van der Waals surface area contributed by atoms with Crippen molar-refractivity contribution in [2.45, 2.75) is 20.4 Å². The van der Waals surface area contributed by atoms with E-state index in [9.17, 15) is 0 Å². The van der Waals surface area contributed by atoms with Crippen LogP contribution in [-0.4, -0.2) is 0 Å². The number of benzene rings is 1. The minimum Gasteiger partial charge on any atom is -0.379 e. The molecule has 1 heterocycles. The molecular formula is C13H12Br3NS. The molecule has 0 aliphatic carbocycles. The molecule has 0 aliphatic rings. The Hall–Kier alpha value is 0.160. The van der Waals surface area contributed by atoms with Gasteiger partial charge < -0.3 is 5.32 Å². The van der Waals surface area contributed by atoms with Crippen LogP contribution in [0, 0.1) is 13.8 Å². The van der Waals surface area contributed by atoms with Crippen molar-refractivity contribution in [3.05, 3.63) is 46.9 Å². The summed E-state index contributed by atoms with van der Waals surface area (Å²) in [5, 5.41) is 3.49. The van der Waals surface area contributed by atoms with Gasteiger partial charge in [0.1, 0.15) is 0 Å². The van der Waals surface area contributed by atoms with Crippen molar-refractivity contribution >= 4 is 64.8 Å². The molecule has 0 bridgehead atoms. The van der Waals surface area contributed by atoms with Crippen molar-refractivity contribution in [1.82, 2.24) is 0 Å². The molecule has 0 radical (unpaired) electrons. The predicted octanol–water partition coefficient (Wildman–Crippen LogP) is 6.26. The molecule has 0 saturated carbocycles. The minimum atomic E-state index is 0.831. The van der Waals surface area contributed by atoms with E-state index in [0.29, 0.717) is 0 Å². The van der Waals surface area contributed by atoms with Gasteiger partial charge in [0.25, 0.3) is 0 Å². The monoisotopic (exact) mass is 451 g/mol. The van der Waals surface area contributed by atoms with Gasteiger partial charge in [-0.1, -0.05) is 6.07 Å². The van der Waals surface area contributed by atoms with E-state index in [4.69, 9.17) is 0 Å². The van der Waals surface area contributed by atoms with Gasteiger partial charge in [-0.25, -0.2) is 0 Å². The van der Waals surface area contributed by atoms with Crippen LogP contribution in [0.1, 0.15) is 16.0 Å². The van der Waals surface area contributed by atoms with Crippen molar-refractivity contribution in [2.24, 2.45) is 0 Å². The fourth-order valence-electron chi connectivity index (χ4n) is 1.79. The van der Waals surface area contributed by atoms with Gasteiger partial charge in [0.2, 0.25) is 0 Å². The highest BCUT2D eigenvalue weighted by atomic mass is 79.9. The summed E-state index contributed by atoms with van der Waals surface area (Å²) < 4.78 is 3.37. The van der Waals surface area contributed by atoms with Crippen LogP contribution in [0.15, 0.2) is 30.9 Å². The van der Waals surface area contributed by atoms with Crippen LogP contribution in [0.5, 0.6) is 0 Å². The van der Waals surface area contributed by atoms with E-state index in [1.165, 1.54) is 21.7 Å². The van der Waals surface area contributed by atoms with E-state index >= 15 is 0 Å². The molecule has 0 spiro atoms. The lowest BCUT2D eigenvalue weighted by molar-refractivity contribution is 1.17. The van der Waals surface area contributed by atoms with Crippen LogP contribution in [0.2, 0.25) is 0 Å². The summed E-state index contributed by atoms with van der Waals surface area (Å²) in [4.78, 5) is 1.29. The van der Waals surface area contributed by atoms with Crippen LogP contribution < -0.4 is 5.32 Å². The maximum Gasteiger partial charge on any atom is 0.0843 e. The molecule has 1 aromatic carbocycles. The number of thiophene rings is 1.